The Bertz CT molecular complexity index is 748. The minimum Gasteiger partial charge on any atom is -0.390 e. The highest BCUT2D eigenvalue weighted by atomic mass is 28.3. The SMILES string of the molecule is CCO[Si](OCC)c1cc2ccccc2c2ccccc12. The first kappa shape index (κ1) is 14.3. The summed E-state index contributed by atoms with van der Waals surface area (Å²) in [5, 5.41) is 6.25. The first-order valence-corrected chi connectivity index (χ1v) is 8.70. The molecule has 3 rings (SSSR count). The number of hydrogen-bond acceptors (Lipinski definition) is 2. The van der Waals surface area contributed by atoms with E-state index in [0.29, 0.717) is 13.2 Å². The largest absolute Gasteiger partial charge is 0.424 e. The van der Waals surface area contributed by atoms with Crippen molar-refractivity contribution in [3.8, 4) is 0 Å². The minimum atomic E-state index is -1.44. The van der Waals surface area contributed by atoms with Gasteiger partial charge in [-0.15, -0.1) is 0 Å². The van der Waals surface area contributed by atoms with Crippen LogP contribution in [0, 0.1) is 0 Å². The van der Waals surface area contributed by atoms with E-state index in [9.17, 15) is 0 Å². The molecule has 0 N–H and O–H groups in total. The molecule has 0 aliphatic carbocycles. The second-order valence-electron chi connectivity index (χ2n) is 4.84. The topological polar surface area (TPSA) is 18.5 Å². The number of hydrogen-bond donors (Lipinski definition) is 0. The molecule has 0 saturated carbocycles. The summed E-state index contributed by atoms with van der Waals surface area (Å²) in [6.45, 7) is 5.39. The Kier molecular flexibility index (Phi) is 4.34. The van der Waals surface area contributed by atoms with Crippen LogP contribution in [0.3, 0.4) is 0 Å². The average Bonchev–Trinajstić information content (AvgIpc) is 2.54. The first-order valence-electron chi connectivity index (χ1n) is 7.38. The van der Waals surface area contributed by atoms with Crippen LogP contribution in [0.5, 0.6) is 0 Å². The highest BCUT2D eigenvalue weighted by Crippen LogP contribution is 2.24. The van der Waals surface area contributed by atoms with Crippen LogP contribution in [-0.2, 0) is 8.85 Å². The van der Waals surface area contributed by atoms with Crippen molar-refractivity contribution in [3.63, 3.8) is 0 Å². The molecule has 0 amide bonds. The summed E-state index contributed by atoms with van der Waals surface area (Å²) in [4.78, 5) is 0. The molecule has 2 nitrogen and oxygen atoms in total. The van der Waals surface area contributed by atoms with Gasteiger partial charge in [0.05, 0.1) is 0 Å². The third kappa shape index (κ3) is 2.72. The Morgan fingerprint density at radius 3 is 2.00 bits per heavy atom. The zero-order valence-electron chi connectivity index (χ0n) is 12.4. The van der Waals surface area contributed by atoms with E-state index in [1.165, 1.54) is 26.7 Å². The zero-order chi connectivity index (χ0) is 14.7. The Labute approximate surface area is 127 Å². The molecule has 0 aliphatic rings. The molecule has 0 saturated heterocycles. The quantitative estimate of drug-likeness (QED) is 0.527. The monoisotopic (exact) mass is 295 g/mol. The van der Waals surface area contributed by atoms with Crippen LogP contribution in [0.1, 0.15) is 13.8 Å². The Morgan fingerprint density at radius 1 is 0.762 bits per heavy atom. The number of fused-ring (bicyclic) bond motifs is 3. The smallest absolute Gasteiger partial charge is 0.390 e. The molecule has 0 atom stereocenters. The van der Waals surface area contributed by atoms with Crippen molar-refractivity contribution in [2.75, 3.05) is 13.2 Å². The highest BCUT2D eigenvalue weighted by Gasteiger charge is 2.21. The molecular formula is C18H19O2Si. The van der Waals surface area contributed by atoms with Gasteiger partial charge < -0.3 is 8.85 Å². The van der Waals surface area contributed by atoms with E-state index >= 15 is 0 Å². The lowest BCUT2D eigenvalue weighted by molar-refractivity contribution is 0.225. The molecule has 3 heteroatoms. The predicted octanol–water partition coefficient (Wildman–Crippen LogP) is 3.76. The van der Waals surface area contributed by atoms with E-state index in [4.69, 9.17) is 8.85 Å². The summed E-state index contributed by atoms with van der Waals surface area (Å²) in [7, 11) is -1.44. The zero-order valence-corrected chi connectivity index (χ0v) is 13.4. The van der Waals surface area contributed by atoms with Gasteiger partial charge in [0, 0.05) is 18.4 Å². The third-order valence-electron chi connectivity index (χ3n) is 3.54. The normalized spacial score (nSPS) is 11.6. The molecule has 0 aromatic heterocycles. The van der Waals surface area contributed by atoms with Crippen LogP contribution >= 0.6 is 0 Å². The lowest BCUT2D eigenvalue weighted by atomic mass is 10.0. The van der Waals surface area contributed by atoms with Gasteiger partial charge in [-0.3, -0.25) is 0 Å². The molecule has 107 valence electrons. The van der Waals surface area contributed by atoms with E-state index in [1.54, 1.807) is 0 Å². The average molecular weight is 295 g/mol. The standard InChI is InChI=1S/C18H19O2Si/c1-3-19-21(20-4-2)18-13-14-9-5-6-10-15(14)16-11-7-8-12-17(16)18/h5-13H,3-4H2,1-2H3. The fourth-order valence-corrected chi connectivity index (χ4v) is 4.31. The van der Waals surface area contributed by atoms with Crippen molar-refractivity contribution in [3.05, 3.63) is 54.6 Å². The Hall–Kier alpha value is -1.68. The van der Waals surface area contributed by atoms with Crippen LogP contribution < -0.4 is 5.19 Å². The maximum atomic E-state index is 5.91. The molecule has 1 radical (unpaired) electrons. The summed E-state index contributed by atoms with van der Waals surface area (Å²) in [6.07, 6.45) is 0. The molecule has 0 fully saturated rings. The molecular weight excluding hydrogens is 276 g/mol. The van der Waals surface area contributed by atoms with Crippen LogP contribution in [-0.4, -0.2) is 22.5 Å². The van der Waals surface area contributed by atoms with Crippen LogP contribution in [0.25, 0.3) is 21.5 Å². The van der Waals surface area contributed by atoms with Gasteiger partial charge in [-0.25, -0.2) is 0 Å². The Morgan fingerprint density at radius 2 is 1.33 bits per heavy atom. The Balaban J connectivity index is 2.28. The van der Waals surface area contributed by atoms with Crippen molar-refractivity contribution >= 4 is 36.0 Å². The number of rotatable bonds is 5. The van der Waals surface area contributed by atoms with E-state index in [2.05, 4.69) is 54.6 Å². The maximum absolute atomic E-state index is 5.91. The molecule has 3 aromatic rings. The first-order chi connectivity index (χ1) is 10.3. The van der Waals surface area contributed by atoms with Gasteiger partial charge in [-0.2, -0.15) is 0 Å². The van der Waals surface area contributed by atoms with Gasteiger partial charge in [0.25, 0.3) is 0 Å². The van der Waals surface area contributed by atoms with Gasteiger partial charge in [0.1, 0.15) is 0 Å². The molecule has 0 aliphatic heterocycles. The highest BCUT2D eigenvalue weighted by molar-refractivity contribution is 6.65. The summed E-state index contributed by atoms with van der Waals surface area (Å²) >= 11 is 0. The van der Waals surface area contributed by atoms with Crippen molar-refractivity contribution in [1.82, 2.24) is 0 Å². The van der Waals surface area contributed by atoms with E-state index < -0.39 is 9.28 Å². The third-order valence-corrected chi connectivity index (χ3v) is 5.49. The van der Waals surface area contributed by atoms with Crippen LogP contribution in [0.15, 0.2) is 54.6 Å². The fourth-order valence-electron chi connectivity index (χ4n) is 2.68. The van der Waals surface area contributed by atoms with Gasteiger partial charge in [0.15, 0.2) is 0 Å². The second kappa shape index (κ2) is 6.39. The van der Waals surface area contributed by atoms with Crippen LogP contribution in [0.4, 0.5) is 0 Å². The maximum Gasteiger partial charge on any atom is 0.424 e. The van der Waals surface area contributed by atoms with Crippen molar-refractivity contribution < 1.29 is 8.85 Å². The number of benzene rings is 3. The summed E-state index contributed by atoms with van der Waals surface area (Å²) in [5.41, 5.74) is 0. The van der Waals surface area contributed by atoms with Crippen molar-refractivity contribution in [1.29, 1.82) is 0 Å². The summed E-state index contributed by atoms with van der Waals surface area (Å²) in [6, 6.07) is 19.2. The van der Waals surface area contributed by atoms with E-state index in [0.717, 1.165) is 0 Å². The van der Waals surface area contributed by atoms with E-state index in [1.807, 2.05) is 13.8 Å². The summed E-state index contributed by atoms with van der Waals surface area (Å²) in [5.74, 6) is 0. The van der Waals surface area contributed by atoms with Gasteiger partial charge in [-0.05, 0) is 41.5 Å². The van der Waals surface area contributed by atoms with Crippen LogP contribution in [0.2, 0.25) is 0 Å². The van der Waals surface area contributed by atoms with Gasteiger partial charge >= 0.3 is 9.28 Å². The van der Waals surface area contributed by atoms with Gasteiger partial charge in [-0.1, -0.05) is 48.5 Å². The molecule has 0 bridgehead atoms. The van der Waals surface area contributed by atoms with Gasteiger partial charge in [0.2, 0.25) is 0 Å². The molecule has 0 spiro atoms. The molecule has 0 unspecified atom stereocenters. The fraction of sp³-hybridized carbons (Fsp3) is 0.222. The van der Waals surface area contributed by atoms with Crippen molar-refractivity contribution in [2.45, 2.75) is 13.8 Å². The molecule has 21 heavy (non-hydrogen) atoms. The lowest BCUT2D eigenvalue weighted by Crippen LogP contribution is -2.37. The molecule has 0 heterocycles. The molecule has 3 aromatic carbocycles. The van der Waals surface area contributed by atoms with E-state index in [-0.39, 0.29) is 0 Å². The minimum absolute atomic E-state index is 0.676. The lowest BCUT2D eigenvalue weighted by Gasteiger charge is -2.17. The van der Waals surface area contributed by atoms with Crippen molar-refractivity contribution in [2.24, 2.45) is 0 Å². The second-order valence-corrected chi connectivity index (χ2v) is 6.54. The predicted molar refractivity (Wildman–Crippen MR) is 90.1 cm³/mol. The summed E-state index contributed by atoms with van der Waals surface area (Å²) < 4.78 is 11.8.